The van der Waals surface area contributed by atoms with Crippen LogP contribution in [0.1, 0.15) is 5.56 Å². The van der Waals surface area contributed by atoms with Gasteiger partial charge in [0.15, 0.2) is 5.82 Å². The van der Waals surface area contributed by atoms with Gasteiger partial charge in [-0.1, -0.05) is 0 Å². The van der Waals surface area contributed by atoms with E-state index in [2.05, 4.69) is 45.5 Å². The molecule has 0 atom stereocenters. The van der Waals surface area contributed by atoms with Crippen LogP contribution in [-0.2, 0) is 4.74 Å². The molecule has 1 fully saturated rings. The Hall–Kier alpha value is -3.32. The van der Waals surface area contributed by atoms with Gasteiger partial charge in [-0.15, -0.1) is 0 Å². The standard InChI is InChI=1S/C22H23N5O2/c1-14-11-15(27-7-9-29-10-8-27)3-5-19(14)24-22-21-18(13-23-26-21)17-12-16(28-2)4-6-20(17)25-22/h3-6,11-13H,7-10H2,1-2H3,(H,23,26)(H,24,25). The van der Waals surface area contributed by atoms with Crippen molar-refractivity contribution >= 4 is 39.0 Å². The van der Waals surface area contributed by atoms with Gasteiger partial charge in [0.1, 0.15) is 11.3 Å². The number of fused-ring (bicyclic) bond motifs is 3. The Labute approximate surface area is 168 Å². The van der Waals surface area contributed by atoms with Crippen LogP contribution in [-0.4, -0.2) is 48.6 Å². The number of anilines is 3. The van der Waals surface area contributed by atoms with Crippen LogP contribution in [0.4, 0.5) is 17.2 Å². The number of pyridine rings is 1. The van der Waals surface area contributed by atoms with E-state index in [0.717, 1.165) is 65.4 Å². The molecule has 29 heavy (non-hydrogen) atoms. The zero-order chi connectivity index (χ0) is 19.8. The average molecular weight is 389 g/mol. The summed E-state index contributed by atoms with van der Waals surface area (Å²) in [4.78, 5) is 7.19. The highest BCUT2D eigenvalue weighted by Crippen LogP contribution is 2.33. The van der Waals surface area contributed by atoms with Gasteiger partial charge in [-0.3, -0.25) is 5.10 Å². The molecule has 2 aromatic heterocycles. The largest absolute Gasteiger partial charge is 0.497 e. The number of methoxy groups -OCH3 is 1. The van der Waals surface area contributed by atoms with E-state index >= 15 is 0 Å². The SMILES string of the molecule is COc1ccc2nc(Nc3ccc(N4CCOCC4)cc3C)c3[nH]ncc3c2c1. The highest BCUT2D eigenvalue weighted by molar-refractivity contribution is 6.09. The van der Waals surface area contributed by atoms with Crippen LogP contribution in [0.25, 0.3) is 21.8 Å². The fourth-order valence-corrected chi connectivity index (χ4v) is 3.83. The number of rotatable bonds is 4. The lowest BCUT2D eigenvalue weighted by molar-refractivity contribution is 0.122. The second kappa shape index (κ2) is 7.25. The van der Waals surface area contributed by atoms with E-state index in [-0.39, 0.29) is 0 Å². The Morgan fingerprint density at radius 3 is 2.76 bits per heavy atom. The summed E-state index contributed by atoms with van der Waals surface area (Å²) in [5, 5.41) is 12.8. The van der Waals surface area contributed by atoms with Gasteiger partial charge in [0.05, 0.1) is 32.0 Å². The summed E-state index contributed by atoms with van der Waals surface area (Å²) >= 11 is 0. The van der Waals surface area contributed by atoms with Crippen LogP contribution in [0.15, 0.2) is 42.6 Å². The molecule has 3 heterocycles. The first-order chi connectivity index (χ1) is 14.2. The van der Waals surface area contributed by atoms with E-state index in [0.29, 0.717) is 0 Å². The van der Waals surface area contributed by atoms with Crippen molar-refractivity contribution in [3.05, 3.63) is 48.2 Å². The number of hydrogen-bond donors (Lipinski definition) is 2. The zero-order valence-electron chi connectivity index (χ0n) is 16.5. The summed E-state index contributed by atoms with van der Waals surface area (Å²) in [7, 11) is 1.67. The molecule has 0 unspecified atom stereocenters. The third-order valence-corrected chi connectivity index (χ3v) is 5.44. The maximum atomic E-state index is 5.46. The van der Waals surface area contributed by atoms with E-state index < -0.39 is 0 Å². The quantitative estimate of drug-likeness (QED) is 0.549. The van der Waals surface area contributed by atoms with Crippen LogP contribution in [0.3, 0.4) is 0 Å². The van der Waals surface area contributed by atoms with Gasteiger partial charge in [0, 0.05) is 35.2 Å². The normalized spacial score (nSPS) is 14.5. The molecular weight excluding hydrogens is 366 g/mol. The average Bonchev–Trinajstić information content (AvgIpc) is 3.26. The summed E-state index contributed by atoms with van der Waals surface area (Å²) < 4.78 is 10.8. The number of aromatic nitrogens is 3. The number of benzene rings is 2. The van der Waals surface area contributed by atoms with Crippen molar-refractivity contribution in [2.75, 3.05) is 43.6 Å². The number of ether oxygens (including phenoxy) is 2. The number of aryl methyl sites for hydroxylation is 1. The molecule has 4 aromatic rings. The lowest BCUT2D eigenvalue weighted by Gasteiger charge is -2.29. The van der Waals surface area contributed by atoms with E-state index in [9.17, 15) is 0 Å². The molecule has 1 aliphatic heterocycles. The molecule has 0 amide bonds. The molecular formula is C22H23N5O2. The Kier molecular flexibility index (Phi) is 4.44. The minimum Gasteiger partial charge on any atom is -0.497 e. The molecule has 7 heteroatoms. The summed E-state index contributed by atoms with van der Waals surface area (Å²) in [5.41, 5.74) is 5.19. The highest BCUT2D eigenvalue weighted by Gasteiger charge is 2.14. The number of nitrogens with one attached hydrogen (secondary N) is 2. The number of H-pyrrole nitrogens is 1. The number of aromatic amines is 1. The van der Waals surface area contributed by atoms with Gasteiger partial charge in [0.25, 0.3) is 0 Å². The van der Waals surface area contributed by atoms with Crippen LogP contribution in [0.5, 0.6) is 5.75 Å². The maximum Gasteiger partial charge on any atom is 0.157 e. The fraction of sp³-hybridized carbons (Fsp3) is 0.273. The molecule has 5 rings (SSSR count). The van der Waals surface area contributed by atoms with Crippen molar-refractivity contribution in [1.29, 1.82) is 0 Å². The maximum absolute atomic E-state index is 5.46. The van der Waals surface area contributed by atoms with Gasteiger partial charge in [0.2, 0.25) is 0 Å². The second-order valence-corrected chi connectivity index (χ2v) is 7.23. The van der Waals surface area contributed by atoms with E-state index in [1.54, 1.807) is 7.11 Å². The third-order valence-electron chi connectivity index (χ3n) is 5.44. The highest BCUT2D eigenvalue weighted by atomic mass is 16.5. The molecule has 7 nitrogen and oxygen atoms in total. The van der Waals surface area contributed by atoms with Gasteiger partial charge in [-0.25, -0.2) is 4.98 Å². The predicted molar refractivity (Wildman–Crippen MR) is 115 cm³/mol. The molecule has 0 saturated carbocycles. The fourth-order valence-electron chi connectivity index (χ4n) is 3.83. The van der Waals surface area contributed by atoms with E-state index in [1.165, 1.54) is 11.3 Å². The first-order valence-electron chi connectivity index (χ1n) is 9.74. The minimum absolute atomic E-state index is 0.761. The first kappa shape index (κ1) is 17.8. The van der Waals surface area contributed by atoms with Crippen molar-refractivity contribution in [2.45, 2.75) is 6.92 Å². The molecule has 2 N–H and O–H groups in total. The Morgan fingerprint density at radius 2 is 1.97 bits per heavy atom. The molecule has 0 radical (unpaired) electrons. The number of nitrogens with zero attached hydrogens (tertiary/aromatic N) is 3. The summed E-state index contributed by atoms with van der Waals surface area (Å²) in [6.45, 7) is 5.53. The third kappa shape index (κ3) is 3.23. The number of hydrogen-bond acceptors (Lipinski definition) is 6. The van der Waals surface area contributed by atoms with Crippen molar-refractivity contribution in [1.82, 2.24) is 15.2 Å². The first-order valence-corrected chi connectivity index (χ1v) is 9.74. The Bertz CT molecular complexity index is 1180. The van der Waals surface area contributed by atoms with Gasteiger partial charge >= 0.3 is 0 Å². The van der Waals surface area contributed by atoms with Gasteiger partial charge in [-0.05, 0) is 48.9 Å². The lowest BCUT2D eigenvalue weighted by Crippen LogP contribution is -2.36. The van der Waals surface area contributed by atoms with Gasteiger partial charge in [-0.2, -0.15) is 5.10 Å². The molecule has 0 bridgehead atoms. The van der Waals surface area contributed by atoms with Crippen molar-refractivity contribution in [3.63, 3.8) is 0 Å². The van der Waals surface area contributed by atoms with Crippen LogP contribution < -0.4 is 15.0 Å². The Morgan fingerprint density at radius 1 is 1.10 bits per heavy atom. The van der Waals surface area contributed by atoms with Gasteiger partial charge < -0.3 is 19.7 Å². The van der Waals surface area contributed by atoms with Crippen LogP contribution >= 0.6 is 0 Å². The molecule has 148 valence electrons. The van der Waals surface area contributed by atoms with E-state index in [4.69, 9.17) is 14.5 Å². The van der Waals surface area contributed by atoms with E-state index in [1.807, 2.05) is 24.4 Å². The monoisotopic (exact) mass is 389 g/mol. The molecule has 2 aromatic carbocycles. The van der Waals surface area contributed by atoms with Crippen molar-refractivity contribution in [2.24, 2.45) is 0 Å². The lowest BCUT2D eigenvalue weighted by atomic mass is 10.1. The zero-order valence-corrected chi connectivity index (χ0v) is 16.5. The second-order valence-electron chi connectivity index (χ2n) is 7.23. The molecule has 1 aliphatic rings. The predicted octanol–water partition coefficient (Wildman–Crippen LogP) is 4.01. The minimum atomic E-state index is 0.761. The Balaban J connectivity index is 1.52. The van der Waals surface area contributed by atoms with Crippen molar-refractivity contribution in [3.8, 4) is 5.75 Å². The summed E-state index contributed by atoms with van der Waals surface area (Å²) in [6, 6.07) is 12.4. The molecule has 0 aliphatic carbocycles. The smallest absolute Gasteiger partial charge is 0.157 e. The van der Waals surface area contributed by atoms with Crippen LogP contribution in [0.2, 0.25) is 0 Å². The summed E-state index contributed by atoms with van der Waals surface area (Å²) in [5.74, 6) is 1.56. The summed E-state index contributed by atoms with van der Waals surface area (Å²) in [6.07, 6.45) is 1.83. The van der Waals surface area contributed by atoms with Crippen molar-refractivity contribution < 1.29 is 9.47 Å². The number of morpholine rings is 1. The van der Waals surface area contributed by atoms with Crippen LogP contribution in [0, 0.1) is 6.92 Å². The molecule has 1 saturated heterocycles. The molecule has 0 spiro atoms. The topological polar surface area (TPSA) is 75.3 Å².